The molecule has 1 unspecified atom stereocenters. The monoisotopic (exact) mass is 434 g/mol. The van der Waals surface area contributed by atoms with Gasteiger partial charge in [-0.05, 0) is 44.4 Å². The highest BCUT2D eigenvalue weighted by Crippen LogP contribution is 2.29. The van der Waals surface area contributed by atoms with Gasteiger partial charge in [0.05, 0.1) is 5.92 Å². The number of aryl methyl sites for hydroxylation is 2. The molecule has 1 fully saturated rings. The molecule has 2 heterocycles. The van der Waals surface area contributed by atoms with Gasteiger partial charge in [-0.3, -0.25) is 4.79 Å². The van der Waals surface area contributed by atoms with E-state index in [1.165, 1.54) is 26.8 Å². The second kappa shape index (κ2) is 8.58. The third kappa shape index (κ3) is 5.08. The summed E-state index contributed by atoms with van der Waals surface area (Å²) in [6, 6.07) is 11.8. The number of hydrogen-bond donors (Lipinski definition) is 1. The summed E-state index contributed by atoms with van der Waals surface area (Å²) in [6.07, 6.45) is 1.41. The van der Waals surface area contributed by atoms with Gasteiger partial charge < -0.3 is 5.32 Å². The second-order valence-electron chi connectivity index (χ2n) is 8.54. The van der Waals surface area contributed by atoms with Gasteiger partial charge in [-0.15, -0.1) is 11.3 Å². The number of amides is 1. The molecule has 3 rings (SSSR count). The molecule has 0 saturated carbocycles. The molecule has 7 heteroatoms. The van der Waals surface area contributed by atoms with Crippen LogP contribution in [0.4, 0.5) is 0 Å². The molecule has 29 heavy (non-hydrogen) atoms. The van der Waals surface area contributed by atoms with Crippen molar-refractivity contribution in [2.75, 3.05) is 19.6 Å². The van der Waals surface area contributed by atoms with Crippen LogP contribution in [0.1, 0.15) is 42.7 Å². The Kier molecular flexibility index (Phi) is 6.51. The maximum atomic E-state index is 12.9. The number of carbonyl (C=O) groups excluding carboxylic acids is 1. The van der Waals surface area contributed by atoms with Crippen molar-refractivity contribution in [1.29, 1.82) is 0 Å². The zero-order chi connectivity index (χ0) is 21.2. The molecule has 1 aromatic heterocycles. The summed E-state index contributed by atoms with van der Waals surface area (Å²) in [5.74, 6) is -0.374. The number of hydrogen-bond acceptors (Lipinski definition) is 4. The lowest BCUT2D eigenvalue weighted by atomic mass is 9.83. The van der Waals surface area contributed by atoms with Crippen LogP contribution in [0.5, 0.6) is 0 Å². The normalized spacial score (nSPS) is 18.6. The van der Waals surface area contributed by atoms with E-state index in [1.807, 2.05) is 19.1 Å². The van der Waals surface area contributed by atoms with Gasteiger partial charge >= 0.3 is 0 Å². The summed E-state index contributed by atoms with van der Waals surface area (Å²) in [4.78, 5) is 13.8. The topological polar surface area (TPSA) is 66.5 Å². The van der Waals surface area contributed by atoms with Gasteiger partial charge in [0.15, 0.2) is 0 Å². The van der Waals surface area contributed by atoms with Crippen molar-refractivity contribution < 1.29 is 13.2 Å². The van der Waals surface area contributed by atoms with Crippen LogP contribution in [0, 0.1) is 19.8 Å². The predicted molar refractivity (Wildman–Crippen MR) is 118 cm³/mol. The fourth-order valence-corrected chi connectivity index (χ4v) is 6.63. The van der Waals surface area contributed by atoms with E-state index in [9.17, 15) is 13.2 Å². The molecule has 0 aliphatic carbocycles. The van der Waals surface area contributed by atoms with Crippen LogP contribution in [0.15, 0.2) is 40.6 Å². The molecule has 1 amide bonds. The Morgan fingerprint density at radius 3 is 2.66 bits per heavy atom. The second-order valence-corrected chi connectivity index (χ2v) is 12.0. The number of thiophene rings is 1. The summed E-state index contributed by atoms with van der Waals surface area (Å²) < 4.78 is 27.6. The lowest BCUT2D eigenvalue weighted by molar-refractivity contribution is -0.126. The van der Waals surface area contributed by atoms with Gasteiger partial charge in [0.25, 0.3) is 10.0 Å². The SMILES string of the molecule is Cc1cccc(C(C)(C)CNC(=O)C2CCCN(S(=O)(=O)c3ccc(C)s3)C2)c1. The minimum atomic E-state index is -3.53. The quantitative estimate of drug-likeness (QED) is 0.751. The maximum Gasteiger partial charge on any atom is 0.252 e. The minimum absolute atomic E-state index is 0.0620. The Bertz CT molecular complexity index is 979. The average molecular weight is 435 g/mol. The van der Waals surface area contributed by atoms with E-state index in [0.29, 0.717) is 30.1 Å². The van der Waals surface area contributed by atoms with Crippen molar-refractivity contribution >= 4 is 27.3 Å². The van der Waals surface area contributed by atoms with Crippen molar-refractivity contribution in [2.24, 2.45) is 5.92 Å². The average Bonchev–Trinajstić information content (AvgIpc) is 3.13. The van der Waals surface area contributed by atoms with E-state index >= 15 is 0 Å². The number of nitrogens with zero attached hydrogens (tertiary/aromatic N) is 1. The summed E-state index contributed by atoms with van der Waals surface area (Å²) in [7, 11) is -3.53. The molecule has 0 radical (unpaired) electrons. The first-order chi connectivity index (χ1) is 13.6. The van der Waals surface area contributed by atoms with Gasteiger partial charge in [0.2, 0.25) is 5.91 Å². The van der Waals surface area contributed by atoms with Gasteiger partial charge in [-0.25, -0.2) is 8.42 Å². The van der Waals surface area contributed by atoms with E-state index in [1.54, 1.807) is 6.07 Å². The van der Waals surface area contributed by atoms with Gasteiger partial charge in [0.1, 0.15) is 4.21 Å². The van der Waals surface area contributed by atoms with Crippen molar-refractivity contribution in [3.05, 3.63) is 52.4 Å². The zero-order valence-electron chi connectivity index (χ0n) is 17.6. The van der Waals surface area contributed by atoms with Crippen LogP contribution in [-0.2, 0) is 20.2 Å². The molecular formula is C22H30N2O3S2. The van der Waals surface area contributed by atoms with Crippen LogP contribution in [0.25, 0.3) is 0 Å². The number of benzene rings is 1. The third-order valence-electron chi connectivity index (χ3n) is 5.57. The molecule has 2 aromatic rings. The lowest BCUT2D eigenvalue weighted by Crippen LogP contribution is -2.47. The number of rotatable bonds is 6. The minimum Gasteiger partial charge on any atom is -0.355 e. The van der Waals surface area contributed by atoms with Crippen molar-refractivity contribution in [2.45, 2.75) is 50.2 Å². The third-order valence-corrected chi connectivity index (χ3v) is 8.90. The fraction of sp³-hybridized carbons (Fsp3) is 0.500. The lowest BCUT2D eigenvalue weighted by Gasteiger charge is -2.32. The first-order valence-electron chi connectivity index (χ1n) is 10.0. The van der Waals surface area contributed by atoms with E-state index < -0.39 is 10.0 Å². The van der Waals surface area contributed by atoms with Gasteiger partial charge in [0, 0.05) is 29.9 Å². The van der Waals surface area contributed by atoms with Crippen LogP contribution >= 0.6 is 11.3 Å². The standard InChI is InChI=1S/C22H30N2O3S2/c1-16-7-5-9-19(13-16)22(3,4)15-23-21(25)18-8-6-12-24(14-18)29(26,27)20-11-10-17(2)28-20/h5,7,9-11,13,18H,6,8,12,14-15H2,1-4H3,(H,23,25). The number of sulfonamides is 1. The molecule has 1 aromatic carbocycles. The highest BCUT2D eigenvalue weighted by atomic mass is 32.2. The Hall–Kier alpha value is -1.70. The Morgan fingerprint density at radius 2 is 2.00 bits per heavy atom. The van der Waals surface area contributed by atoms with Crippen molar-refractivity contribution in [3.8, 4) is 0 Å². The van der Waals surface area contributed by atoms with E-state index in [2.05, 4.69) is 44.3 Å². The smallest absolute Gasteiger partial charge is 0.252 e. The molecule has 0 spiro atoms. The van der Waals surface area contributed by atoms with Gasteiger partial charge in [-0.1, -0.05) is 43.7 Å². The number of nitrogens with one attached hydrogen (secondary N) is 1. The molecule has 1 N–H and O–H groups in total. The molecule has 0 bridgehead atoms. The highest BCUT2D eigenvalue weighted by Gasteiger charge is 2.34. The predicted octanol–water partition coefficient (Wildman–Crippen LogP) is 3.86. The van der Waals surface area contributed by atoms with E-state index in [-0.39, 0.29) is 23.8 Å². The summed E-state index contributed by atoms with van der Waals surface area (Å²) >= 11 is 1.28. The number of piperidine rings is 1. The zero-order valence-corrected chi connectivity index (χ0v) is 19.2. The number of carbonyl (C=O) groups is 1. The van der Waals surface area contributed by atoms with E-state index in [0.717, 1.165) is 4.88 Å². The van der Waals surface area contributed by atoms with Crippen LogP contribution in [-0.4, -0.2) is 38.3 Å². The molecule has 158 valence electrons. The summed E-state index contributed by atoms with van der Waals surface area (Å²) in [6.45, 7) is 9.41. The van der Waals surface area contributed by atoms with Gasteiger partial charge in [-0.2, -0.15) is 4.31 Å². The van der Waals surface area contributed by atoms with Crippen LogP contribution in [0.2, 0.25) is 0 Å². The maximum absolute atomic E-state index is 12.9. The van der Waals surface area contributed by atoms with Crippen LogP contribution < -0.4 is 5.32 Å². The molecular weight excluding hydrogens is 404 g/mol. The largest absolute Gasteiger partial charge is 0.355 e. The molecule has 1 aliphatic rings. The Morgan fingerprint density at radius 1 is 1.24 bits per heavy atom. The highest BCUT2D eigenvalue weighted by molar-refractivity contribution is 7.91. The summed E-state index contributed by atoms with van der Waals surface area (Å²) in [5.41, 5.74) is 2.17. The first kappa shape index (κ1) is 22.0. The molecule has 1 saturated heterocycles. The fourth-order valence-electron chi connectivity index (χ4n) is 3.67. The Balaban J connectivity index is 1.64. The van der Waals surface area contributed by atoms with Crippen LogP contribution in [0.3, 0.4) is 0 Å². The van der Waals surface area contributed by atoms with Crippen molar-refractivity contribution in [3.63, 3.8) is 0 Å². The molecule has 5 nitrogen and oxygen atoms in total. The molecule has 1 aliphatic heterocycles. The van der Waals surface area contributed by atoms with Crippen molar-refractivity contribution in [1.82, 2.24) is 9.62 Å². The Labute approximate surface area is 178 Å². The van der Waals surface area contributed by atoms with E-state index in [4.69, 9.17) is 0 Å². The summed E-state index contributed by atoms with van der Waals surface area (Å²) in [5, 5.41) is 3.07. The first-order valence-corrected chi connectivity index (χ1v) is 12.3. The molecule has 1 atom stereocenters.